The van der Waals surface area contributed by atoms with E-state index in [1.165, 1.54) is 24.5 Å². The average Bonchev–Trinajstić information content (AvgIpc) is 3.21. The zero-order chi connectivity index (χ0) is 25.0. The second-order valence-electron chi connectivity index (χ2n) is 10.2. The van der Waals surface area contributed by atoms with Gasteiger partial charge < -0.3 is 14.8 Å². The highest BCUT2D eigenvalue weighted by Gasteiger charge is 2.42. The molecule has 0 unspecified atom stereocenters. The molecule has 1 aromatic heterocycles. The summed E-state index contributed by atoms with van der Waals surface area (Å²) in [6.45, 7) is 7.73. The standard InChI is InChI=1S/C26H32FN5O3/c1-26(2,3)32(20-5-4-10-29-14-20)25(33)35-23-12-18(17-6-8-19(27)9-7-17)11-22(23)34-21-15-30-24(13-28)31-16-21/h6-9,15-16,18,20,22-23,29H,4-5,10-12,14H2,1-3H3/t18-,20-,22-,23-/m1/s1. The van der Waals surface area contributed by atoms with Gasteiger partial charge in [-0.25, -0.2) is 19.2 Å². The fraction of sp³-hybridized carbons (Fsp3) is 0.538. The van der Waals surface area contributed by atoms with Gasteiger partial charge in [0.2, 0.25) is 5.82 Å². The molecule has 2 aromatic rings. The number of hydrogen-bond acceptors (Lipinski definition) is 7. The summed E-state index contributed by atoms with van der Waals surface area (Å²) in [6, 6.07) is 8.35. The Bertz CT molecular complexity index is 1040. The molecular weight excluding hydrogens is 449 g/mol. The molecule has 2 fully saturated rings. The minimum atomic E-state index is -0.505. The summed E-state index contributed by atoms with van der Waals surface area (Å²) >= 11 is 0. The van der Waals surface area contributed by atoms with Crippen molar-refractivity contribution in [2.45, 2.75) is 76.2 Å². The van der Waals surface area contributed by atoms with E-state index in [0.717, 1.165) is 31.5 Å². The third-order valence-electron chi connectivity index (χ3n) is 6.61. The highest BCUT2D eigenvalue weighted by Crippen LogP contribution is 2.39. The molecule has 4 atom stereocenters. The Kier molecular flexibility index (Phi) is 7.51. The largest absolute Gasteiger partial charge is 0.483 e. The van der Waals surface area contributed by atoms with Crippen LogP contribution in [-0.4, -0.2) is 57.8 Å². The second-order valence-corrected chi connectivity index (χ2v) is 10.2. The fourth-order valence-corrected chi connectivity index (χ4v) is 5.04. The fourth-order valence-electron chi connectivity index (χ4n) is 5.04. The van der Waals surface area contributed by atoms with Crippen molar-refractivity contribution < 1.29 is 18.7 Å². The highest BCUT2D eigenvalue weighted by molar-refractivity contribution is 5.69. The van der Waals surface area contributed by atoms with Crippen LogP contribution < -0.4 is 10.1 Å². The van der Waals surface area contributed by atoms with E-state index >= 15 is 0 Å². The molecule has 1 aromatic carbocycles. The zero-order valence-electron chi connectivity index (χ0n) is 20.4. The predicted octanol–water partition coefficient (Wildman–Crippen LogP) is 4.17. The van der Waals surface area contributed by atoms with Crippen LogP contribution in [0.15, 0.2) is 36.7 Å². The molecule has 9 heteroatoms. The molecular formula is C26H32FN5O3. The van der Waals surface area contributed by atoms with Crippen LogP contribution in [0.3, 0.4) is 0 Å². The van der Waals surface area contributed by atoms with E-state index in [1.807, 2.05) is 31.7 Å². The number of amides is 1. The van der Waals surface area contributed by atoms with Crippen molar-refractivity contribution in [2.24, 2.45) is 0 Å². The van der Waals surface area contributed by atoms with E-state index in [4.69, 9.17) is 14.7 Å². The first-order valence-electron chi connectivity index (χ1n) is 12.1. The molecule has 1 saturated heterocycles. The number of nitriles is 1. The Hall–Kier alpha value is -3.25. The molecule has 1 amide bonds. The van der Waals surface area contributed by atoms with Crippen LogP contribution >= 0.6 is 0 Å². The summed E-state index contributed by atoms with van der Waals surface area (Å²) in [5.74, 6) is 0.202. The maximum atomic E-state index is 13.5. The number of hydrogen-bond donors (Lipinski definition) is 1. The number of benzene rings is 1. The van der Waals surface area contributed by atoms with Crippen molar-refractivity contribution in [3.8, 4) is 11.8 Å². The maximum Gasteiger partial charge on any atom is 0.410 e. The SMILES string of the molecule is CC(C)(C)N(C(=O)O[C@@H]1C[C@H](c2ccc(F)cc2)C[C@H]1Oc1cnc(C#N)nc1)[C@@H]1CCCNC1. The Labute approximate surface area is 205 Å². The molecule has 0 bridgehead atoms. The lowest BCUT2D eigenvalue weighted by atomic mass is 9.97. The number of carbonyl (C=O) groups excluding carboxylic acids is 1. The van der Waals surface area contributed by atoms with Crippen molar-refractivity contribution in [1.82, 2.24) is 20.2 Å². The summed E-state index contributed by atoms with van der Waals surface area (Å²) in [5, 5.41) is 12.3. The van der Waals surface area contributed by atoms with E-state index in [1.54, 1.807) is 12.1 Å². The minimum absolute atomic E-state index is 0.0390. The molecule has 1 N–H and O–H groups in total. The van der Waals surface area contributed by atoms with Gasteiger partial charge in [0, 0.05) is 18.1 Å². The van der Waals surface area contributed by atoms with Gasteiger partial charge in [-0.05, 0) is 76.6 Å². The monoisotopic (exact) mass is 481 g/mol. The van der Waals surface area contributed by atoms with Gasteiger partial charge in [0.25, 0.3) is 0 Å². The summed E-state index contributed by atoms with van der Waals surface area (Å²) in [4.78, 5) is 23.3. The number of aromatic nitrogens is 2. The van der Waals surface area contributed by atoms with E-state index < -0.39 is 17.7 Å². The molecule has 8 nitrogen and oxygen atoms in total. The van der Waals surface area contributed by atoms with Crippen LogP contribution in [0.25, 0.3) is 0 Å². The molecule has 186 valence electrons. The summed E-state index contributed by atoms with van der Waals surface area (Å²) in [7, 11) is 0. The van der Waals surface area contributed by atoms with Crippen LogP contribution in [0.5, 0.6) is 5.75 Å². The van der Waals surface area contributed by atoms with Gasteiger partial charge in [-0.15, -0.1) is 0 Å². The van der Waals surface area contributed by atoms with Gasteiger partial charge in [-0.3, -0.25) is 4.90 Å². The molecule has 0 spiro atoms. The quantitative estimate of drug-likeness (QED) is 0.684. The smallest absolute Gasteiger partial charge is 0.410 e. The molecule has 35 heavy (non-hydrogen) atoms. The first-order valence-corrected chi connectivity index (χ1v) is 12.1. The molecule has 0 radical (unpaired) electrons. The number of halogens is 1. The lowest BCUT2D eigenvalue weighted by Crippen LogP contribution is -2.57. The molecule has 2 heterocycles. The lowest BCUT2D eigenvalue weighted by molar-refractivity contribution is -0.0132. The molecule has 4 rings (SSSR count). The first kappa shape index (κ1) is 24.9. The van der Waals surface area contributed by atoms with Crippen LogP contribution in [0.1, 0.15) is 63.8 Å². The topological polar surface area (TPSA) is 100 Å². The van der Waals surface area contributed by atoms with Gasteiger partial charge in [0.05, 0.1) is 12.4 Å². The second kappa shape index (κ2) is 10.6. The van der Waals surface area contributed by atoms with Crippen molar-refractivity contribution >= 4 is 6.09 Å². The van der Waals surface area contributed by atoms with E-state index in [9.17, 15) is 9.18 Å². The Morgan fingerprint density at radius 1 is 1.17 bits per heavy atom. The lowest BCUT2D eigenvalue weighted by Gasteiger charge is -2.43. The number of ether oxygens (including phenoxy) is 2. The molecule has 2 aliphatic rings. The zero-order valence-corrected chi connectivity index (χ0v) is 20.4. The van der Waals surface area contributed by atoms with Crippen LogP contribution in [-0.2, 0) is 4.74 Å². The summed E-state index contributed by atoms with van der Waals surface area (Å²) < 4.78 is 25.8. The van der Waals surface area contributed by atoms with Gasteiger partial charge in [0.1, 0.15) is 24.1 Å². The minimum Gasteiger partial charge on any atom is -0.483 e. The van der Waals surface area contributed by atoms with Crippen molar-refractivity contribution in [1.29, 1.82) is 5.26 Å². The van der Waals surface area contributed by atoms with E-state index in [2.05, 4.69) is 15.3 Å². The first-order chi connectivity index (χ1) is 16.7. The molecule has 1 saturated carbocycles. The third-order valence-corrected chi connectivity index (χ3v) is 6.61. The van der Waals surface area contributed by atoms with Crippen LogP contribution in [0.2, 0.25) is 0 Å². The Morgan fingerprint density at radius 3 is 2.46 bits per heavy atom. The van der Waals surface area contributed by atoms with E-state index in [-0.39, 0.29) is 29.7 Å². The predicted molar refractivity (Wildman–Crippen MR) is 127 cm³/mol. The summed E-state index contributed by atoms with van der Waals surface area (Å²) in [6.07, 6.45) is 4.67. The number of nitrogens with one attached hydrogen (secondary N) is 1. The third kappa shape index (κ3) is 6.06. The Balaban J connectivity index is 1.54. The number of rotatable bonds is 5. The summed E-state index contributed by atoms with van der Waals surface area (Å²) in [5.41, 5.74) is 0.561. The highest BCUT2D eigenvalue weighted by atomic mass is 19.1. The van der Waals surface area contributed by atoms with Crippen molar-refractivity contribution in [2.75, 3.05) is 13.1 Å². The number of carbonyl (C=O) groups is 1. The normalized spacial score (nSPS) is 24.4. The van der Waals surface area contributed by atoms with Crippen molar-refractivity contribution in [3.05, 3.63) is 53.9 Å². The van der Waals surface area contributed by atoms with Crippen LogP contribution in [0, 0.1) is 17.1 Å². The molecule has 1 aliphatic heterocycles. The Morgan fingerprint density at radius 2 is 1.86 bits per heavy atom. The van der Waals surface area contributed by atoms with Crippen molar-refractivity contribution in [3.63, 3.8) is 0 Å². The number of piperidine rings is 1. The van der Waals surface area contributed by atoms with Gasteiger partial charge in [0.15, 0.2) is 5.75 Å². The van der Waals surface area contributed by atoms with Gasteiger partial charge in [-0.2, -0.15) is 5.26 Å². The van der Waals surface area contributed by atoms with Crippen LogP contribution in [0.4, 0.5) is 9.18 Å². The van der Waals surface area contributed by atoms with Gasteiger partial charge in [-0.1, -0.05) is 12.1 Å². The molecule has 1 aliphatic carbocycles. The van der Waals surface area contributed by atoms with E-state index in [0.29, 0.717) is 18.6 Å². The number of nitrogens with zero attached hydrogens (tertiary/aromatic N) is 4. The maximum absolute atomic E-state index is 13.5. The average molecular weight is 482 g/mol. The van der Waals surface area contributed by atoms with Gasteiger partial charge >= 0.3 is 6.09 Å².